The molecule has 0 aromatic heterocycles. The SMILES string of the molecule is CC(C)CC(NC(=O)C(Cc1ccc(N)cc1)NC(=O)C(N)CCCN=C(N)N)C(=O)N1CCCC1C(=O)NC(C(=O)O)C(C)O. The van der Waals surface area contributed by atoms with Crippen molar-refractivity contribution in [3.63, 3.8) is 0 Å². The van der Waals surface area contributed by atoms with Gasteiger partial charge in [0.05, 0.1) is 12.1 Å². The Labute approximate surface area is 268 Å². The van der Waals surface area contributed by atoms with Crippen LogP contribution in [0.2, 0.25) is 0 Å². The highest BCUT2D eigenvalue weighted by atomic mass is 16.4. The van der Waals surface area contributed by atoms with E-state index >= 15 is 0 Å². The molecule has 0 bridgehead atoms. The number of aliphatic hydroxyl groups is 1. The third-order valence-electron chi connectivity index (χ3n) is 7.56. The number of carboxylic acid groups (broad SMARTS) is 1. The number of anilines is 1. The average Bonchev–Trinajstić information content (AvgIpc) is 3.47. The minimum atomic E-state index is -1.55. The van der Waals surface area contributed by atoms with E-state index in [0.717, 1.165) is 0 Å². The normalized spacial score (nSPS) is 17.7. The highest BCUT2D eigenvalue weighted by Gasteiger charge is 2.40. The van der Waals surface area contributed by atoms with Crippen molar-refractivity contribution >= 4 is 41.2 Å². The number of aliphatic carboxylic acids is 1. The first kappa shape index (κ1) is 37.7. The zero-order valence-corrected chi connectivity index (χ0v) is 26.6. The predicted molar refractivity (Wildman–Crippen MR) is 172 cm³/mol. The fourth-order valence-electron chi connectivity index (χ4n) is 5.13. The van der Waals surface area contributed by atoms with Crippen LogP contribution >= 0.6 is 0 Å². The second-order valence-electron chi connectivity index (χ2n) is 12.0. The largest absolute Gasteiger partial charge is 0.480 e. The average molecular weight is 648 g/mol. The number of nitrogens with zero attached hydrogens (tertiary/aromatic N) is 2. The number of likely N-dealkylation sites (tertiary alicyclic amines) is 1. The number of carbonyl (C=O) groups is 5. The Morgan fingerprint density at radius 3 is 2.20 bits per heavy atom. The number of aliphatic imine (C=N–C) groups is 1. The summed E-state index contributed by atoms with van der Waals surface area (Å²) in [5.74, 6) is -3.96. The number of nitrogens with two attached hydrogens (primary N) is 4. The molecule has 1 saturated heterocycles. The Bertz CT molecular complexity index is 1240. The Balaban J connectivity index is 2.25. The lowest BCUT2D eigenvalue weighted by Gasteiger charge is -2.31. The van der Waals surface area contributed by atoms with E-state index in [1.165, 1.54) is 11.8 Å². The van der Waals surface area contributed by atoms with Gasteiger partial charge in [-0.1, -0.05) is 26.0 Å². The van der Waals surface area contributed by atoms with Crippen molar-refractivity contribution in [3.8, 4) is 0 Å². The maximum atomic E-state index is 13.8. The van der Waals surface area contributed by atoms with Crippen molar-refractivity contribution in [2.75, 3.05) is 18.8 Å². The third-order valence-corrected chi connectivity index (χ3v) is 7.56. The molecule has 1 heterocycles. The highest BCUT2D eigenvalue weighted by Crippen LogP contribution is 2.21. The number of nitrogen functional groups attached to an aromatic ring is 1. The molecular weight excluding hydrogens is 598 g/mol. The van der Waals surface area contributed by atoms with E-state index in [0.29, 0.717) is 24.1 Å². The molecule has 1 aromatic rings. The Hall–Kier alpha value is -4.44. The molecular formula is C30H49N9O7. The zero-order chi connectivity index (χ0) is 34.6. The van der Waals surface area contributed by atoms with Gasteiger partial charge in [0.2, 0.25) is 23.6 Å². The van der Waals surface area contributed by atoms with Gasteiger partial charge >= 0.3 is 5.97 Å². The van der Waals surface area contributed by atoms with Crippen LogP contribution in [-0.4, -0.2) is 100 Å². The van der Waals surface area contributed by atoms with Gasteiger partial charge in [-0.3, -0.25) is 24.2 Å². The first-order valence-corrected chi connectivity index (χ1v) is 15.4. The van der Waals surface area contributed by atoms with Crippen LogP contribution in [0.4, 0.5) is 5.69 Å². The highest BCUT2D eigenvalue weighted by molar-refractivity contribution is 5.96. The minimum absolute atomic E-state index is 0.0421. The number of hydrogen-bond acceptors (Lipinski definition) is 9. The molecule has 256 valence electrons. The van der Waals surface area contributed by atoms with E-state index in [1.54, 1.807) is 24.3 Å². The molecule has 1 aromatic carbocycles. The number of nitrogens with one attached hydrogen (secondary N) is 3. The minimum Gasteiger partial charge on any atom is -0.480 e. The number of amides is 4. The number of guanidine groups is 1. The molecule has 0 aliphatic carbocycles. The predicted octanol–water partition coefficient (Wildman–Crippen LogP) is -1.85. The first-order chi connectivity index (χ1) is 21.6. The van der Waals surface area contributed by atoms with Crippen molar-refractivity contribution in [3.05, 3.63) is 29.8 Å². The van der Waals surface area contributed by atoms with Gasteiger partial charge in [-0.05, 0) is 62.6 Å². The van der Waals surface area contributed by atoms with Crippen molar-refractivity contribution < 1.29 is 34.2 Å². The summed E-state index contributed by atoms with van der Waals surface area (Å²) in [7, 11) is 0. The van der Waals surface area contributed by atoms with E-state index in [4.69, 9.17) is 22.9 Å². The topological polar surface area (TPSA) is 282 Å². The summed E-state index contributed by atoms with van der Waals surface area (Å²) in [6, 6.07) is 1.12. The van der Waals surface area contributed by atoms with Crippen LogP contribution < -0.4 is 38.9 Å². The van der Waals surface area contributed by atoms with Crippen LogP contribution in [0.25, 0.3) is 0 Å². The summed E-state index contributed by atoms with van der Waals surface area (Å²) in [5.41, 5.74) is 23.8. The molecule has 46 heavy (non-hydrogen) atoms. The molecule has 13 N–H and O–H groups in total. The van der Waals surface area contributed by atoms with Crippen molar-refractivity contribution in [2.24, 2.45) is 28.1 Å². The van der Waals surface area contributed by atoms with E-state index < -0.39 is 65.9 Å². The fraction of sp³-hybridized carbons (Fsp3) is 0.600. The van der Waals surface area contributed by atoms with Gasteiger partial charge in [0.15, 0.2) is 12.0 Å². The number of carboxylic acids is 1. The van der Waals surface area contributed by atoms with Gasteiger partial charge < -0.3 is 54.0 Å². The lowest BCUT2D eigenvalue weighted by molar-refractivity contribution is -0.147. The number of aliphatic hydroxyl groups excluding tert-OH is 1. The van der Waals surface area contributed by atoms with Gasteiger partial charge in [0.1, 0.15) is 18.1 Å². The molecule has 1 aliphatic rings. The maximum Gasteiger partial charge on any atom is 0.328 e. The Morgan fingerprint density at radius 1 is 1.00 bits per heavy atom. The van der Waals surface area contributed by atoms with E-state index in [-0.39, 0.29) is 50.7 Å². The third kappa shape index (κ3) is 11.8. The lowest BCUT2D eigenvalue weighted by Crippen LogP contribution is -2.59. The zero-order valence-electron chi connectivity index (χ0n) is 26.6. The molecule has 0 radical (unpaired) electrons. The molecule has 1 fully saturated rings. The van der Waals surface area contributed by atoms with Crippen LogP contribution in [0.3, 0.4) is 0 Å². The van der Waals surface area contributed by atoms with Gasteiger partial charge in [-0.2, -0.15) is 0 Å². The molecule has 6 unspecified atom stereocenters. The van der Waals surface area contributed by atoms with Crippen molar-refractivity contribution in [2.45, 2.75) is 95.6 Å². The quantitative estimate of drug-likeness (QED) is 0.0391. The van der Waals surface area contributed by atoms with E-state index in [1.807, 2.05) is 13.8 Å². The second-order valence-corrected chi connectivity index (χ2v) is 12.0. The number of rotatable bonds is 17. The fourth-order valence-corrected chi connectivity index (χ4v) is 5.13. The van der Waals surface area contributed by atoms with E-state index in [9.17, 15) is 34.2 Å². The van der Waals surface area contributed by atoms with Crippen LogP contribution in [0.5, 0.6) is 0 Å². The molecule has 2 rings (SSSR count). The number of benzene rings is 1. The first-order valence-electron chi connectivity index (χ1n) is 15.4. The molecule has 0 spiro atoms. The van der Waals surface area contributed by atoms with Crippen LogP contribution in [-0.2, 0) is 30.4 Å². The maximum absolute atomic E-state index is 13.8. The second kappa shape index (κ2) is 17.9. The smallest absolute Gasteiger partial charge is 0.328 e. The lowest BCUT2D eigenvalue weighted by atomic mass is 9.99. The summed E-state index contributed by atoms with van der Waals surface area (Å²) >= 11 is 0. The molecule has 6 atom stereocenters. The summed E-state index contributed by atoms with van der Waals surface area (Å²) in [4.78, 5) is 70.4. The molecule has 0 saturated carbocycles. The van der Waals surface area contributed by atoms with Gasteiger partial charge in [0, 0.05) is 25.2 Å². The number of hydrogen-bond donors (Lipinski definition) is 9. The monoisotopic (exact) mass is 647 g/mol. The van der Waals surface area contributed by atoms with Gasteiger partial charge in [0.25, 0.3) is 0 Å². The van der Waals surface area contributed by atoms with Crippen LogP contribution in [0.1, 0.15) is 58.4 Å². The van der Waals surface area contributed by atoms with Crippen molar-refractivity contribution in [1.82, 2.24) is 20.9 Å². The number of carbonyl (C=O) groups excluding carboxylic acids is 4. The molecule has 1 aliphatic heterocycles. The molecule has 16 heteroatoms. The molecule has 16 nitrogen and oxygen atoms in total. The summed E-state index contributed by atoms with van der Waals surface area (Å²) in [6.07, 6.45) is 0.391. The Morgan fingerprint density at radius 2 is 1.63 bits per heavy atom. The van der Waals surface area contributed by atoms with Gasteiger partial charge in [-0.15, -0.1) is 0 Å². The van der Waals surface area contributed by atoms with Crippen molar-refractivity contribution in [1.29, 1.82) is 0 Å². The summed E-state index contributed by atoms with van der Waals surface area (Å²) in [6.45, 7) is 5.48. The van der Waals surface area contributed by atoms with Crippen LogP contribution in [0.15, 0.2) is 29.3 Å². The molecule has 4 amide bonds. The van der Waals surface area contributed by atoms with Crippen LogP contribution in [0, 0.1) is 5.92 Å². The summed E-state index contributed by atoms with van der Waals surface area (Å²) < 4.78 is 0. The van der Waals surface area contributed by atoms with E-state index in [2.05, 4.69) is 20.9 Å². The standard InChI is InChI=1S/C30H49N9O7/c1-16(2)14-22(28(44)39-13-5-7-23(39)27(43)38-24(17(3)40)29(45)46)37-26(42)21(15-18-8-10-19(31)11-9-18)36-25(41)20(32)6-4-12-35-30(33)34/h8-11,16-17,20-24,40H,4-7,12-15,31-32H2,1-3H3,(H,36,41)(H,37,42)(H,38,43)(H,45,46)(H4,33,34,35). The van der Waals surface area contributed by atoms with Gasteiger partial charge in [-0.25, -0.2) is 4.79 Å². The summed E-state index contributed by atoms with van der Waals surface area (Å²) in [5, 5.41) is 27.0. The Kier molecular flexibility index (Phi) is 14.7.